The van der Waals surface area contributed by atoms with Gasteiger partial charge in [0.05, 0.1) is 11.1 Å². The van der Waals surface area contributed by atoms with E-state index in [1.165, 1.54) is 19.1 Å². The van der Waals surface area contributed by atoms with Crippen LogP contribution in [0.15, 0.2) is 18.2 Å². The summed E-state index contributed by atoms with van der Waals surface area (Å²) in [6, 6.07) is 6.71. The van der Waals surface area contributed by atoms with Crippen molar-refractivity contribution >= 4 is 35.1 Å². The molecule has 0 saturated heterocycles. The molecule has 1 N–H and O–H groups in total. The quantitative estimate of drug-likeness (QED) is 0.729. The highest BCUT2D eigenvalue weighted by molar-refractivity contribution is 6.35. The van der Waals surface area contributed by atoms with Crippen LogP contribution in [0.5, 0.6) is 5.75 Å². The van der Waals surface area contributed by atoms with Gasteiger partial charge in [-0.3, -0.25) is 4.79 Å². The molecule has 1 aromatic carbocycles. The highest BCUT2D eigenvalue weighted by atomic mass is 35.5. The average Bonchev–Trinajstić information content (AvgIpc) is 3.40. The average molecular weight is 385 g/mol. The fraction of sp³-hybridized carbons (Fsp3) is 0.471. The Bertz CT molecular complexity index is 715. The van der Waals surface area contributed by atoms with E-state index in [1.54, 1.807) is 13.0 Å². The monoisotopic (exact) mass is 384 g/mol. The van der Waals surface area contributed by atoms with Crippen LogP contribution < -0.4 is 10.1 Å². The van der Waals surface area contributed by atoms with E-state index in [0.29, 0.717) is 5.02 Å². The summed E-state index contributed by atoms with van der Waals surface area (Å²) in [5.41, 5.74) is -0.928. The van der Waals surface area contributed by atoms with Gasteiger partial charge in [-0.25, -0.2) is 4.79 Å². The van der Waals surface area contributed by atoms with Crippen molar-refractivity contribution in [3.8, 4) is 11.8 Å². The first-order valence-corrected chi connectivity index (χ1v) is 8.51. The van der Waals surface area contributed by atoms with E-state index in [0.717, 1.165) is 12.8 Å². The number of hydrogen-bond donors (Lipinski definition) is 1. The Balaban J connectivity index is 1.82. The van der Waals surface area contributed by atoms with Crippen molar-refractivity contribution in [2.24, 2.45) is 5.92 Å². The van der Waals surface area contributed by atoms with Crippen molar-refractivity contribution in [1.29, 1.82) is 5.26 Å². The second-order valence-corrected chi connectivity index (χ2v) is 6.92. The van der Waals surface area contributed by atoms with Gasteiger partial charge in [-0.05, 0) is 50.8 Å². The number of nitriles is 1. The molecule has 0 aromatic heterocycles. The van der Waals surface area contributed by atoms with E-state index >= 15 is 0 Å². The molecule has 2 rings (SSSR count). The van der Waals surface area contributed by atoms with Gasteiger partial charge in [-0.2, -0.15) is 5.26 Å². The van der Waals surface area contributed by atoms with Gasteiger partial charge < -0.3 is 14.8 Å². The summed E-state index contributed by atoms with van der Waals surface area (Å²) in [7, 11) is 0. The van der Waals surface area contributed by atoms with Gasteiger partial charge in [0.2, 0.25) is 0 Å². The maximum absolute atomic E-state index is 12.0. The van der Waals surface area contributed by atoms with E-state index in [2.05, 4.69) is 11.4 Å². The highest BCUT2D eigenvalue weighted by Crippen LogP contribution is 2.39. The number of esters is 1. The molecule has 1 aromatic rings. The lowest BCUT2D eigenvalue weighted by atomic mass is 9.98. The fourth-order valence-corrected chi connectivity index (χ4v) is 2.72. The molecule has 0 spiro atoms. The number of hydrogen-bond acceptors (Lipinski definition) is 5. The zero-order chi connectivity index (χ0) is 18.6. The Morgan fingerprint density at radius 1 is 1.44 bits per heavy atom. The minimum atomic E-state index is -0.961. The summed E-state index contributed by atoms with van der Waals surface area (Å²) in [5.74, 6) is -0.815. The number of nitrogens with one attached hydrogen (secondary N) is 1. The predicted molar refractivity (Wildman–Crippen MR) is 92.4 cm³/mol. The van der Waals surface area contributed by atoms with Gasteiger partial charge in [-0.15, -0.1) is 0 Å². The molecule has 0 heterocycles. The van der Waals surface area contributed by atoms with Crippen LogP contribution in [0.25, 0.3) is 0 Å². The van der Waals surface area contributed by atoms with Crippen LogP contribution in [-0.2, 0) is 14.3 Å². The normalized spacial score (nSPS) is 16.9. The summed E-state index contributed by atoms with van der Waals surface area (Å²) in [6.45, 7) is 2.66. The number of amides is 1. The molecule has 6 nitrogen and oxygen atoms in total. The molecule has 1 fully saturated rings. The number of rotatable bonds is 7. The molecule has 1 amide bonds. The van der Waals surface area contributed by atoms with Crippen molar-refractivity contribution in [1.82, 2.24) is 5.32 Å². The van der Waals surface area contributed by atoms with Gasteiger partial charge in [-0.1, -0.05) is 23.2 Å². The second kappa shape index (κ2) is 7.94. The van der Waals surface area contributed by atoms with Crippen LogP contribution in [-0.4, -0.2) is 30.1 Å². The van der Waals surface area contributed by atoms with Crippen molar-refractivity contribution in [2.75, 3.05) is 6.61 Å². The maximum atomic E-state index is 12.0. The van der Waals surface area contributed by atoms with Crippen molar-refractivity contribution in [3.63, 3.8) is 0 Å². The molecule has 1 aliphatic rings. The summed E-state index contributed by atoms with van der Waals surface area (Å²) in [6.07, 6.45) is 0.838. The lowest BCUT2D eigenvalue weighted by molar-refractivity contribution is -0.155. The first-order valence-electron chi connectivity index (χ1n) is 7.76. The minimum absolute atomic E-state index is 0.145. The molecule has 25 heavy (non-hydrogen) atoms. The molecule has 1 saturated carbocycles. The summed E-state index contributed by atoms with van der Waals surface area (Å²) in [5, 5.41) is 12.5. The number of ether oxygens (including phenoxy) is 2. The van der Waals surface area contributed by atoms with Gasteiger partial charge in [0.15, 0.2) is 12.7 Å². The van der Waals surface area contributed by atoms with E-state index in [-0.39, 0.29) is 16.7 Å². The lowest BCUT2D eigenvalue weighted by Gasteiger charge is -2.23. The molecular weight excluding hydrogens is 367 g/mol. The fourth-order valence-electron chi connectivity index (χ4n) is 2.27. The Morgan fingerprint density at radius 3 is 2.68 bits per heavy atom. The zero-order valence-corrected chi connectivity index (χ0v) is 15.4. The molecule has 0 aliphatic heterocycles. The number of benzene rings is 1. The van der Waals surface area contributed by atoms with Crippen LogP contribution in [0.3, 0.4) is 0 Å². The summed E-state index contributed by atoms with van der Waals surface area (Å²) in [4.78, 5) is 23.9. The van der Waals surface area contributed by atoms with Crippen LogP contribution in [0.1, 0.15) is 26.7 Å². The molecule has 1 aliphatic carbocycles. The topological polar surface area (TPSA) is 88.4 Å². The van der Waals surface area contributed by atoms with Gasteiger partial charge >= 0.3 is 5.97 Å². The Labute approximate surface area is 156 Å². The van der Waals surface area contributed by atoms with E-state index in [1.807, 2.05) is 0 Å². The Hall–Kier alpha value is -1.97. The van der Waals surface area contributed by atoms with Gasteiger partial charge in [0.25, 0.3) is 5.91 Å². The number of carbonyl (C=O) groups is 2. The van der Waals surface area contributed by atoms with Gasteiger partial charge in [0, 0.05) is 5.02 Å². The number of nitrogens with zero attached hydrogens (tertiary/aromatic N) is 1. The van der Waals surface area contributed by atoms with Crippen molar-refractivity contribution in [2.45, 2.75) is 38.3 Å². The summed E-state index contributed by atoms with van der Waals surface area (Å²) >= 11 is 11.8. The first-order chi connectivity index (χ1) is 11.7. The third-order valence-electron chi connectivity index (χ3n) is 3.90. The van der Waals surface area contributed by atoms with Crippen molar-refractivity contribution < 1.29 is 19.1 Å². The van der Waals surface area contributed by atoms with Crippen molar-refractivity contribution in [3.05, 3.63) is 28.2 Å². The van der Waals surface area contributed by atoms with Crippen LogP contribution in [0.2, 0.25) is 10.0 Å². The van der Waals surface area contributed by atoms with Gasteiger partial charge in [0.1, 0.15) is 11.3 Å². The zero-order valence-electron chi connectivity index (χ0n) is 13.8. The largest absolute Gasteiger partial charge is 0.477 e. The minimum Gasteiger partial charge on any atom is -0.477 e. The molecule has 0 unspecified atom stereocenters. The van der Waals surface area contributed by atoms with Crippen LogP contribution >= 0.6 is 23.2 Å². The number of halogens is 2. The Kier molecular flexibility index (Phi) is 6.15. The molecular formula is C17H18Cl2N2O4. The molecule has 8 heteroatoms. The maximum Gasteiger partial charge on any atom is 0.347 e. The third kappa shape index (κ3) is 5.25. The molecule has 2 atom stereocenters. The molecule has 0 radical (unpaired) electrons. The van der Waals surface area contributed by atoms with Crippen LogP contribution in [0.4, 0.5) is 0 Å². The number of carbonyl (C=O) groups excluding carboxylic acids is 2. The highest BCUT2D eigenvalue weighted by Gasteiger charge is 2.43. The molecule has 0 bridgehead atoms. The third-order valence-corrected chi connectivity index (χ3v) is 4.43. The predicted octanol–water partition coefficient (Wildman–Crippen LogP) is 3.11. The summed E-state index contributed by atoms with van der Waals surface area (Å²) < 4.78 is 10.4. The molecule has 134 valence electrons. The first kappa shape index (κ1) is 19.4. The van der Waals surface area contributed by atoms with E-state index in [9.17, 15) is 14.9 Å². The smallest absolute Gasteiger partial charge is 0.347 e. The Morgan fingerprint density at radius 2 is 2.12 bits per heavy atom. The SMILES string of the molecule is C[C@@H](Oc1ccc(Cl)cc1Cl)C(=O)OCC(=O)N[C@@](C)(C#N)C1CC1. The van der Waals surface area contributed by atoms with E-state index < -0.39 is 30.1 Å². The standard InChI is InChI=1S/C17H18Cl2N2O4/c1-10(25-14-6-5-12(18)7-13(14)19)16(23)24-8-15(22)21-17(2,9-20)11-3-4-11/h5-7,10-11H,3-4,8H2,1-2H3,(H,21,22)/t10-,17+/m1/s1. The van der Waals surface area contributed by atoms with Crippen LogP contribution in [0, 0.1) is 17.2 Å². The lowest BCUT2D eigenvalue weighted by Crippen LogP contribution is -2.48. The van der Waals surface area contributed by atoms with E-state index in [4.69, 9.17) is 32.7 Å². The second-order valence-electron chi connectivity index (χ2n) is 6.08.